The van der Waals surface area contributed by atoms with E-state index in [4.69, 9.17) is 5.73 Å². The normalized spacial score (nSPS) is 16.8. The summed E-state index contributed by atoms with van der Waals surface area (Å²) in [4.78, 5) is 24.7. The van der Waals surface area contributed by atoms with E-state index in [9.17, 15) is 14.9 Å². The van der Waals surface area contributed by atoms with Crippen molar-refractivity contribution in [1.29, 1.82) is 0 Å². The van der Waals surface area contributed by atoms with Gasteiger partial charge in [-0.15, -0.1) is 12.4 Å². The molecule has 1 saturated heterocycles. The number of likely N-dealkylation sites (tertiary alicyclic amines) is 1. The highest BCUT2D eigenvalue weighted by atomic mass is 35.5. The fourth-order valence-electron chi connectivity index (χ4n) is 2.74. The van der Waals surface area contributed by atoms with Crippen molar-refractivity contribution < 1.29 is 9.72 Å². The Kier molecular flexibility index (Phi) is 5.20. The molecular weight excluding hydrogens is 334 g/mol. The lowest BCUT2D eigenvalue weighted by Gasteiger charge is -2.15. The zero-order chi connectivity index (χ0) is 16.6. The number of benzene rings is 1. The molecule has 1 amide bonds. The molecule has 128 valence electrons. The minimum Gasteiger partial charge on any atom is -0.337 e. The number of halogens is 1. The number of aromatic nitrogens is 2. The van der Waals surface area contributed by atoms with Gasteiger partial charge in [0.05, 0.1) is 10.5 Å². The van der Waals surface area contributed by atoms with E-state index in [-0.39, 0.29) is 30.0 Å². The van der Waals surface area contributed by atoms with Crippen LogP contribution in [0.4, 0.5) is 5.69 Å². The van der Waals surface area contributed by atoms with E-state index < -0.39 is 4.92 Å². The van der Waals surface area contributed by atoms with Gasteiger partial charge in [0.1, 0.15) is 5.69 Å². The molecule has 2 heterocycles. The Hall–Kier alpha value is -2.45. The minimum atomic E-state index is -0.458. The predicted octanol–water partition coefficient (Wildman–Crippen LogP) is 1.59. The van der Waals surface area contributed by atoms with E-state index >= 15 is 0 Å². The highest BCUT2D eigenvalue weighted by Crippen LogP contribution is 2.26. The van der Waals surface area contributed by atoms with Crippen LogP contribution in [-0.2, 0) is 7.05 Å². The van der Waals surface area contributed by atoms with Crippen LogP contribution in [0.25, 0.3) is 11.3 Å². The zero-order valence-electron chi connectivity index (χ0n) is 13.1. The van der Waals surface area contributed by atoms with Crippen LogP contribution in [0.5, 0.6) is 0 Å². The Morgan fingerprint density at radius 1 is 1.38 bits per heavy atom. The molecule has 24 heavy (non-hydrogen) atoms. The summed E-state index contributed by atoms with van der Waals surface area (Å²) >= 11 is 0. The highest BCUT2D eigenvalue weighted by molar-refractivity contribution is 6.00. The third-order valence-electron chi connectivity index (χ3n) is 3.92. The standard InChI is InChI=1S/C15H17N5O3.ClH/c1-18-9-13(15(21)19-7-6-11(16)8-19)14(17-18)10-2-4-12(5-3-10)20(22)23;/h2-5,9,11H,6-8,16H2,1H3;1H/t11-;/m1./s1. The molecule has 8 nitrogen and oxygen atoms in total. The van der Waals surface area contributed by atoms with Gasteiger partial charge in [0.2, 0.25) is 0 Å². The number of carbonyl (C=O) groups is 1. The van der Waals surface area contributed by atoms with Crippen molar-refractivity contribution in [3.05, 3.63) is 46.1 Å². The average Bonchev–Trinajstić information content (AvgIpc) is 3.12. The van der Waals surface area contributed by atoms with Crippen LogP contribution in [0.1, 0.15) is 16.8 Å². The molecule has 1 aromatic carbocycles. The molecule has 0 bridgehead atoms. The molecule has 0 aliphatic carbocycles. The third-order valence-corrected chi connectivity index (χ3v) is 3.92. The van der Waals surface area contributed by atoms with E-state index in [1.165, 1.54) is 12.1 Å². The summed E-state index contributed by atoms with van der Waals surface area (Å²) in [5.74, 6) is -0.112. The summed E-state index contributed by atoms with van der Waals surface area (Å²) < 4.78 is 1.57. The molecule has 0 saturated carbocycles. The van der Waals surface area contributed by atoms with Gasteiger partial charge < -0.3 is 10.6 Å². The van der Waals surface area contributed by atoms with Crippen molar-refractivity contribution in [2.45, 2.75) is 12.5 Å². The maximum absolute atomic E-state index is 12.7. The van der Waals surface area contributed by atoms with E-state index in [1.807, 2.05) is 0 Å². The highest BCUT2D eigenvalue weighted by Gasteiger charge is 2.28. The first-order valence-corrected chi connectivity index (χ1v) is 7.29. The smallest absolute Gasteiger partial charge is 0.269 e. The summed E-state index contributed by atoms with van der Waals surface area (Å²) in [5, 5.41) is 15.1. The molecule has 1 aliphatic rings. The number of rotatable bonds is 3. The van der Waals surface area contributed by atoms with Gasteiger partial charge in [-0.2, -0.15) is 5.10 Å². The number of aryl methyl sites for hydroxylation is 1. The molecular formula is C15H18ClN5O3. The number of amides is 1. The van der Waals surface area contributed by atoms with Crippen LogP contribution >= 0.6 is 12.4 Å². The first-order chi connectivity index (χ1) is 11.0. The largest absolute Gasteiger partial charge is 0.337 e. The summed E-state index contributed by atoms with van der Waals surface area (Å²) in [7, 11) is 1.74. The van der Waals surface area contributed by atoms with Crippen LogP contribution in [0.15, 0.2) is 30.5 Å². The molecule has 2 aromatic rings. The van der Waals surface area contributed by atoms with Gasteiger partial charge in [-0.25, -0.2) is 0 Å². The van der Waals surface area contributed by atoms with Crippen LogP contribution in [0, 0.1) is 10.1 Å². The van der Waals surface area contributed by atoms with Crippen LogP contribution in [0.2, 0.25) is 0 Å². The van der Waals surface area contributed by atoms with E-state index in [1.54, 1.807) is 35.0 Å². The lowest BCUT2D eigenvalue weighted by atomic mass is 10.1. The lowest BCUT2D eigenvalue weighted by molar-refractivity contribution is -0.384. The first kappa shape index (κ1) is 17.9. The molecule has 1 fully saturated rings. The van der Waals surface area contributed by atoms with Crippen molar-refractivity contribution in [1.82, 2.24) is 14.7 Å². The van der Waals surface area contributed by atoms with Gasteiger partial charge in [-0.1, -0.05) is 0 Å². The van der Waals surface area contributed by atoms with Crippen molar-refractivity contribution in [2.24, 2.45) is 12.8 Å². The Labute approximate surface area is 144 Å². The molecule has 1 atom stereocenters. The molecule has 0 spiro atoms. The summed E-state index contributed by atoms with van der Waals surface area (Å²) in [6.45, 7) is 1.17. The fourth-order valence-corrected chi connectivity index (χ4v) is 2.74. The van der Waals surface area contributed by atoms with E-state index in [2.05, 4.69) is 5.10 Å². The molecule has 0 unspecified atom stereocenters. The molecule has 3 rings (SSSR count). The van der Waals surface area contributed by atoms with Crippen molar-refractivity contribution >= 4 is 24.0 Å². The molecule has 0 radical (unpaired) electrons. The molecule has 1 aromatic heterocycles. The van der Waals surface area contributed by atoms with Gasteiger partial charge in [0, 0.05) is 50.1 Å². The van der Waals surface area contributed by atoms with E-state index in [0.29, 0.717) is 29.9 Å². The number of non-ortho nitro benzene ring substituents is 1. The fraction of sp³-hybridized carbons (Fsp3) is 0.333. The number of nitro groups is 1. The molecule has 1 aliphatic heterocycles. The molecule has 9 heteroatoms. The quantitative estimate of drug-likeness (QED) is 0.667. The van der Waals surface area contributed by atoms with Gasteiger partial charge in [0.25, 0.3) is 11.6 Å². The number of nitro benzene ring substituents is 1. The van der Waals surface area contributed by atoms with Crippen molar-refractivity contribution in [3.8, 4) is 11.3 Å². The lowest BCUT2D eigenvalue weighted by Crippen LogP contribution is -2.32. The summed E-state index contributed by atoms with van der Waals surface area (Å²) in [6, 6.07) is 6.03. The third kappa shape index (κ3) is 3.39. The van der Waals surface area contributed by atoms with Gasteiger partial charge in [0.15, 0.2) is 0 Å². The minimum absolute atomic E-state index is 0. The SMILES string of the molecule is Cl.Cn1cc(C(=O)N2CC[C@@H](N)C2)c(-c2ccc([N+](=O)[O-])cc2)n1. The summed E-state index contributed by atoms with van der Waals surface area (Å²) in [6.07, 6.45) is 2.46. The first-order valence-electron chi connectivity index (χ1n) is 7.29. The van der Waals surface area contributed by atoms with Crippen molar-refractivity contribution in [3.63, 3.8) is 0 Å². The Balaban J connectivity index is 0.00000208. The monoisotopic (exact) mass is 351 g/mol. The number of hydrogen-bond donors (Lipinski definition) is 1. The van der Waals surface area contributed by atoms with Crippen LogP contribution < -0.4 is 5.73 Å². The van der Waals surface area contributed by atoms with Gasteiger partial charge in [-0.05, 0) is 18.6 Å². The van der Waals surface area contributed by atoms with Crippen LogP contribution in [-0.4, -0.2) is 44.6 Å². The number of nitrogens with zero attached hydrogens (tertiary/aromatic N) is 4. The second-order valence-electron chi connectivity index (χ2n) is 5.67. The topological polar surface area (TPSA) is 107 Å². The zero-order valence-corrected chi connectivity index (χ0v) is 13.9. The Morgan fingerprint density at radius 2 is 2.04 bits per heavy atom. The van der Waals surface area contributed by atoms with Crippen LogP contribution in [0.3, 0.4) is 0 Å². The van der Waals surface area contributed by atoms with E-state index in [0.717, 1.165) is 6.42 Å². The summed E-state index contributed by atoms with van der Waals surface area (Å²) in [5.41, 5.74) is 7.54. The van der Waals surface area contributed by atoms with Crippen molar-refractivity contribution in [2.75, 3.05) is 13.1 Å². The number of hydrogen-bond acceptors (Lipinski definition) is 5. The Morgan fingerprint density at radius 3 is 2.58 bits per heavy atom. The van der Waals surface area contributed by atoms with Gasteiger partial charge in [-0.3, -0.25) is 19.6 Å². The number of nitrogens with two attached hydrogens (primary N) is 1. The molecule has 2 N–H and O–H groups in total. The average molecular weight is 352 g/mol. The second kappa shape index (κ2) is 6.98. The van der Waals surface area contributed by atoms with Gasteiger partial charge >= 0.3 is 0 Å². The second-order valence-corrected chi connectivity index (χ2v) is 5.67. The maximum atomic E-state index is 12.7. The predicted molar refractivity (Wildman–Crippen MR) is 91.0 cm³/mol. The number of carbonyl (C=O) groups excluding carboxylic acids is 1. The Bertz CT molecular complexity index is 759. The maximum Gasteiger partial charge on any atom is 0.269 e.